The van der Waals surface area contributed by atoms with Crippen molar-refractivity contribution in [2.75, 3.05) is 32.8 Å². The summed E-state index contributed by atoms with van der Waals surface area (Å²) in [6.07, 6.45) is 2.20. The third-order valence-corrected chi connectivity index (χ3v) is 8.29. The van der Waals surface area contributed by atoms with Gasteiger partial charge in [-0.25, -0.2) is 0 Å². The number of piperidine rings is 1. The van der Waals surface area contributed by atoms with E-state index in [0.717, 1.165) is 70.5 Å². The third kappa shape index (κ3) is 8.21. The summed E-state index contributed by atoms with van der Waals surface area (Å²) < 4.78 is 6.42. The molecule has 1 saturated heterocycles. The van der Waals surface area contributed by atoms with Crippen molar-refractivity contribution in [3.63, 3.8) is 0 Å². The van der Waals surface area contributed by atoms with Gasteiger partial charge in [-0.3, -0.25) is 9.69 Å². The molecule has 1 unspecified atom stereocenters. The van der Waals surface area contributed by atoms with E-state index >= 15 is 0 Å². The van der Waals surface area contributed by atoms with Crippen molar-refractivity contribution in [2.45, 2.75) is 46.2 Å². The van der Waals surface area contributed by atoms with Crippen LogP contribution in [-0.4, -0.2) is 53.7 Å². The van der Waals surface area contributed by atoms with Crippen LogP contribution in [0.2, 0.25) is 10.0 Å². The minimum atomic E-state index is -0.375. The van der Waals surface area contributed by atoms with Crippen LogP contribution >= 0.6 is 23.2 Å². The molecule has 0 spiro atoms. The fourth-order valence-electron chi connectivity index (χ4n) is 5.53. The molecule has 208 valence electrons. The van der Waals surface area contributed by atoms with E-state index in [4.69, 9.17) is 27.9 Å². The number of hydrogen-bond donors (Lipinski definition) is 1. The number of aliphatic hydroxyl groups excluding tert-OH is 1. The van der Waals surface area contributed by atoms with E-state index in [0.29, 0.717) is 26.1 Å². The van der Waals surface area contributed by atoms with Crippen LogP contribution in [0.15, 0.2) is 66.7 Å². The molecule has 1 amide bonds. The lowest BCUT2D eigenvalue weighted by Crippen LogP contribution is -2.49. The highest BCUT2D eigenvalue weighted by Gasteiger charge is 2.39. The molecular weight excluding hydrogens is 531 g/mol. The number of nitrogens with zero attached hydrogens (tertiary/aromatic N) is 2. The van der Waals surface area contributed by atoms with E-state index in [2.05, 4.69) is 11.0 Å². The van der Waals surface area contributed by atoms with E-state index in [1.54, 1.807) is 4.90 Å². The van der Waals surface area contributed by atoms with Gasteiger partial charge in [-0.2, -0.15) is 0 Å². The van der Waals surface area contributed by atoms with Crippen molar-refractivity contribution in [2.24, 2.45) is 5.41 Å². The monoisotopic (exact) mass is 568 g/mol. The molecule has 7 heteroatoms. The van der Waals surface area contributed by atoms with Crippen LogP contribution in [0.3, 0.4) is 0 Å². The van der Waals surface area contributed by atoms with Gasteiger partial charge in [0.05, 0.1) is 13.2 Å². The summed E-state index contributed by atoms with van der Waals surface area (Å²) in [4.78, 5) is 18.0. The van der Waals surface area contributed by atoms with Crippen LogP contribution in [0.5, 0.6) is 5.75 Å². The molecule has 0 radical (unpaired) electrons. The Hall–Kier alpha value is -2.57. The highest BCUT2D eigenvalue weighted by Crippen LogP contribution is 2.37. The average molecular weight is 570 g/mol. The summed E-state index contributed by atoms with van der Waals surface area (Å²) in [5.74, 6) is 0.800. The number of carbonyl (C=O) groups is 1. The maximum atomic E-state index is 13.8. The number of aryl methyl sites for hydroxylation is 2. The lowest BCUT2D eigenvalue weighted by Gasteiger charge is -2.43. The molecule has 0 saturated carbocycles. The van der Waals surface area contributed by atoms with Crippen molar-refractivity contribution in [3.8, 4) is 5.75 Å². The molecule has 39 heavy (non-hydrogen) atoms. The first-order chi connectivity index (χ1) is 18.8. The number of ether oxygens (including phenoxy) is 1. The van der Waals surface area contributed by atoms with Crippen LogP contribution < -0.4 is 4.74 Å². The molecule has 1 heterocycles. The molecule has 4 rings (SSSR count). The number of halogens is 2. The molecule has 3 aromatic carbocycles. The Bertz CT molecular complexity index is 1230. The molecule has 1 atom stereocenters. The van der Waals surface area contributed by atoms with Crippen LogP contribution in [-0.2, 0) is 17.9 Å². The fourth-order valence-corrected chi connectivity index (χ4v) is 5.85. The second-order valence-electron chi connectivity index (χ2n) is 10.8. The first-order valence-electron chi connectivity index (χ1n) is 13.6. The van der Waals surface area contributed by atoms with Gasteiger partial charge in [-0.15, -0.1) is 0 Å². The van der Waals surface area contributed by atoms with Crippen LogP contribution in [0.25, 0.3) is 0 Å². The highest BCUT2D eigenvalue weighted by molar-refractivity contribution is 6.32. The number of benzene rings is 3. The van der Waals surface area contributed by atoms with Crippen molar-refractivity contribution < 1.29 is 14.6 Å². The zero-order valence-corrected chi connectivity index (χ0v) is 24.3. The number of amides is 1. The normalized spacial score (nSPS) is 17.7. The molecule has 1 fully saturated rings. The van der Waals surface area contributed by atoms with Gasteiger partial charge in [0, 0.05) is 48.1 Å². The van der Waals surface area contributed by atoms with Crippen molar-refractivity contribution in [1.82, 2.24) is 9.80 Å². The summed E-state index contributed by atoms with van der Waals surface area (Å²) in [6.45, 7) is 7.51. The SMILES string of the molecule is Cc1cc(OCC2(CC(=O)N(CCO)Cc3ccccc3)CCCN(Cc3cccc(Cl)c3)C2)cc(C)c1Cl. The molecule has 0 aromatic heterocycles. The van der Waals surface area contributed by atoms with Gasteiger partial charge in [0.2, 0.25) is 5.91 Å². The number of carbonyl (C=O) groups excluding carboxylic acids is 1. The Kier molecular flexibility index (Phi) is 10.3. The number of likely N-dealkylation sites (tertiary alicyclic amines) is 1. The predicted molar refractivity (Wildman–Crippen MR) is 158 cm³/mol. The molecule has 1 aliphatic rings. The van der Waals surface area contributed by atoms with E-state index in [1.165, 1.54) is 0 Å². The predicted octanol–water partition coefficient (Wildman–Crippen LogP) is 6.68. The Morgan fingerprint density at radius 1 is 1.03 bits per heavy atom. The van der Waals surface area contributed by atoms with E-state index < -0.39 is 0 Å². The summed E-state index contributed by atoms with van der Waals surface area (Å²) in [5, 5.41) is 11.2. The van der Waals surface area contributed by atoms with Crippen LogP contribution in [0.1, 0.15) is 41.5 Å². The number of aliphatic hydroxyl groups is 1. The second kappa shape index (κ2) is 13.7. The number of hydrogen-bond acceptors (Lipinski definition) is 4. The van der Waals surface area contributed by atoms with Gasteiger partial charge in [-0.05, 0) is 79.8 Å². The van der Waals surface area contributed by atoms with E-state index in [1.807, 2.05) is 74.5 Å². The average Bonchev–Trinajstić information content (AvgIpc) is 2.91. The van der Waals surface area contributed by atoms with E-state index in [-0.39, 0.29) is 17.9 Å². The van der Waals surface area contributed by atoms with Crippen molar-refractivity contribution in [3.05, 3.63) is 99.0 Å². The second-order valence-corrected chi connectivity index (χ2v) is 11.6. The topological polar surface area (TPSA) is 53.0 Å². The summed E-state index contributed by atoms with van der Waals surface area (Å²) in [5.41, 5.74) is 3.77. The Labute approximate surface area is 242 Å². The minimum Gasteiger partial charge on any atom is -0.493 e. The largest absolute Gasteiger partial charge is 0.493 e. The third-order valence-electron chi connectivity index (χ3n) is 7.46. The van der Waals surface area contributed by atoms with Gasteiger partial charge in [0.1, 0.15) is 5.75 Å². The van der Waals surface area contributed by atoms with Crippen molar-refractivity contribution in [1.29, 1.82) is 0 Å². The first kappa shape index (κ1) is 29.4. The molecule has 3 aromatic rings. The Morgan fingerprint density at radius 3 is 2.44 bits per heavy atom. The highest BCUT2D eigenvalue weighted by atomic mass is 35.5. The lowest BCUT2D eigenvalue weighted by molar-refractivity contribution is -0.137. The Morgan fingerprint density at radius 2 is 1.74 bits per heavy atom. The fraction of sp³-hybridized carbons (Fsp3) is 0.406. The van der Waals surface area contributed by atoms with Gasteiger partial charge in [0.25, 0.3) is 0 Å². The lowest BCUT2D eigenvalue weighted by atomic mass is 9.77. The minimum absolute atomic E-state index is 0.0320. The molecule has 5 nitrogen and oxygen atoms in total. The molecule has 0 bridgehead atoms. The van der Waals surface area contributed by atoms with E-state index in [9.17, 15) is 9.90 Å². The summed E-state index contributed by atoms with van der Waals surface area (Å²) in [6, 6.07) is 21.8. The molecule has 0 aliphatic carbocycles. The van der Waals surface area contributed by atoms with Gasteiger partial charge in [0.15, 0.2) is 0 Å². The zero-order chi connectivity index (χ0) is 27.8. The summed E-state index contributed by atoms with van der Waals surface area (Å²) >= 11 is 12.6. The smallest absolute Gasteiger partial charge is 0.223 e. The Balaban J connectivity index is 1.56. The van der Waals surface area contributed by atoms with Crippen LogP contribution in [0.4, 0.5) is 0 Å². The zero-order valence-electron chi connectivity index (χ0n) is 22.8. The quantitative estimate of drug-likeness (QED) is 0.280. The van der Waals surface area contributed by atoms with Gasteiger partial charge < -0.3 is 14.7 Å². The van der Waals surface area contributed by atoms with Gasteiger partial charge >= 0.3 is 0 Å². The maximum Gasteiger partial charge on any atom is 0.223 e. The molecule has 1 N–H and O–H groups in total. The van der Waals surface area contributed by atoms with Crippen molar-refractivity contribution >= 4 is 29.1 Å². The molecule has 1 aliphatic heterocycles. The van der Waals surface area contributed by atoms with Crippen LogP contribution in [0, 0.1) is 19.3 Å². The maximum absolute atomic E-state index is 13.8. The standard InChI is InChI=1S/C32H38Cl2N2O3/c1-24-16-29(17-25(2)31(24)34)39-23-32(12-7-13-35(22-32)20-27-10-6-11-28(33)18-27)19-30(38)36(14-15-37)21-26-8-4-3-5-9-26/h3-6,8-11,16-18,37H,7,12-15,19-23H2,1-2H3. The number of rotatable bonds is 11. The molecular formula is C32H38Cl2N2O3. The summed E-state index contributed by atoms with van der Waals surface area (Å²) in [7, 11) is 0. The first-order valence-corrected chi connectivity index (χ1v) is 14.3. The van der Waals surface area contributed by atoms with Gasteiger partial charge in [-0.1, -0.05) is 65.7 Å².